The molecule has 2 aromatic carbocycles. The van der Waals surface area contributed by atoms with Gasteiger partial charge in [-0.2, -0.15) is 0 Å². The van der Waals surface area contributed by atoms with Crippen LogP contribution in [0.5, 0.6) is 0 Å². The molecule has 4 N–H and O–H groups in total. The van der Waals surface area contributed by atoms with E-state index in [1.54, 1.807) is 18.2 Å². The van der Waals surface area contributed by atoms with Crippen molar-refractivity contribution in [2.45, 2.75) is 38.8 Å². The fourth-order valence-corrected chi connectivity index (χ4v) is 3.71. The van der Waals surface area contributed by atoms with Crippen molar-refractivity contribution < 1.29 is 29.1 Å². The van der Waals surface area contributed by atoms with Crippen LogP contribution < -0.4 is 16.1 Å². The molecule has 0 saturated heterocycles. The third-order valence-electron chi connectivity index (χ3n) is 5.60. The molecule has 190 valence electrons. The Kier molecular flexibility index (Phi) is 9.12. The number of rotatable bonds is 11. The smallest absolute Gasteiger partial charge is 0.325 e. The molecule has 0 aliphatic rings. The van der Waals surface area contributed by atoms with E-state index in [2.05, 4.69) is 15.4 Å². The maximum absolute atomic E-state index is 12.5. The van der Waals surface area contributed by atoms with E-state index in [9.17, 15) is 19.2 Å². The summed E-state index contributed by atoms with van der Waals surface area (Å²) >= 11 is 0. The monoisotopic (exact) mass is 495 g/mol. The van der Waals surface area contributed by atoms with Gasteiger partial charge in [-0.05, 0) is 30.2 Å². The van der Waals surface area contributed by atoms with Gasteiger partial charge in [-0.15, -0.1) is 0 Å². The first-order chi connectivity index (χ1) is 17.4. The summed E-state index contributed by atoms with van der Waals surface area (Å²) in [4.78, 5) is 52.4. The predicted octanol–water partition coefficient (Wildman–Crippen LogP) is 1.84. The third-order valence-corrected chi connectivity index (χ3v) is 5.60. The van der Waals surface area contributed by atoms with Gasteiger partial charge in [0, 0.05) is 24.9 Å². The molecule has 1 atom stereocenters. The molecule has 1 unspecified atom stereocenters. The SMILES string of the molecule is CCC(NC(=O)CCC(=O)NO)c1nc2cc(C(=O)NCC(=O)OC)ccc2n1Cc1ccccc1. The van der Waals surface area contributed by atoms with Crippen molar-refractivity contribution in [3.05, 3.63) is 65.5 Å². The zero-order valence-corrected chi connectivity index (χ0v) is 20.1. The predicted molar refractivity (Wildman–Crippen MR) is 130 cm³/mol. The molecule has 11 heteroatoms. The van der Waals surface area contributed by atoms with E-state index in [-0.39, 0.29) is 25.3 Å². The molecule has 0 bridgehead atoms. The molecule has 0 fully saturated rings. The quantitative estimate of drug-likeness (QED) is 0.180. The molecule has 11 nitrogen and oxygen atoms in total. The number of esters is 1. The van der Waals surface area contributed by atoms with E-state index in [0.717, 1.165) is 11.1 Å². The minimum atomic E-state index is -0.646. The average molecular weight is 496 g/mol. The number of hydroxylamine groups is 1. The number of fused-ring (bicyclic) bond motifs is 1. The van der Waals surface area contributed by atoms with Crippen molar-refractivity contribution in [2.24, 2.45) is 0 Å². The lowest BCUT2D eigenvalue weighted by molar-refractivity contribution is -0.139. The summed E-state index contributed by atoms with van der Waals surface area (Å²) in [5, 5.41) is 14.1. The van der Waals surface area contributed by atoms with Crippen LogP contribution in [0.25, 0.3) is 11.0 Å². The maximum atomic E-state index is 12.5. The van der Waals surface area contributed by atoms with E-state index in [1.807, 2.05) is 41.8 Å². The molecule has 3 aromatic rings. The molecule has 3 rings (SSSR count). The number of hydrogen-bond donors (Lipinski definition) is 4. The van der Waals surface area contributed by atoms with E-state index < -0.39 is 23.8 Å². The number of aromatic nitrogens is 2. The molecule has 0 spiro atoms. The van der Waals surface area contributed by atoms with Crippen LogP contribution in [0.3, 0.4) is 0 Å². The Balaban J connectivity index is 1.94. The molecule has 1 aromatic heterocycles. The molecule has 36 heavy (non-hydrogen) atoms. The van der Waals surface area contributed by atoms with Crippen molar-refractivity contribution in [3.63, 3.8) is 0 Å². The fourth-order valence-electron chi connectivity index (χ4n) is 3.71. The number of carbonyl (C=O) groups excluding carboxylic acids is 4. The second-order valence-electron chi connectivity index (χ2n) is 8.07. The first-order valence-corrected chi connectivity index (χ1v) is 11.5. The van der Waals surface area contributed by atoms with Crippen molar-refractivity contribution in [3.8, 4) is 0 Å². The molecule has 3 amide bonds. The molecule has 0 aliphatic carbocycles. The molecule has 1 heterocycles. The topological polar surface area (TPSA) is 152 Å². The van der Waals surface area contributed by atoms with Crippen LogP contribution in [0.1, 0.15) is 54.0 Å². The van der Waals surface area contributed by atoms with E-state index >= 15 is 0 Å². The van der Waals surface area contributed by atoms with Crippen molar-refractivity contribution in [1.82, 2.24) is 25.7 Å². The van der Waals surface area contributed by atoms with Gasteiger partial charge < -0.3 is 19.9 Å². The van der Waals surface area contributed by atoms with Crippen LogP contribution in [0, 0.1) is 0 Å². The maximum Gasteiger partial charge on any atom is 0.325 e. The van der Waals surface area contributed by atoms with Crippen LogP contribution in [-0.4, -0.2) is 52.1 Å². The summed E-state index contributed by atoms with van der Waals surface area (Å²) < 4.78 is 6.53. The number of nitrogens with one attached hydrogen (secondary N) is 3. The number of amides is 3. The highest BCUT2D eigenvalue weighted by Gasteiger charge is 2.22. The van der Waals surface area contributed by atoms with Gasteiger partial charge in [-0.1, -0.05) is 37.3 Å². The normalized spacial score (nSPS) is 11.5. The molecular weight excluding hydrogens is 466 g/mol. The van der Waals surface area contributed by atoms with Crippen LogP contribution in [0.4, 0.5) is 0 Å². The zero-order chi connectivity index (χ0) is 26.1. The highest BCUT2D eigenvalue weighted by molar-refractivity contribution is 5.98. The first kappa shape index (κ1) is 26.4. The van der Waals surface area contributed by atoms with Crippen molar-refractivity contribution in [1.29, 1.82) is 0 Å². The lowest BCUT2D eigenvalue weighted by Gasteiger charge is -2.19. The Morgan fingerprint density at radius 3 is 2.44 bits per heavy atom. The van der Waals surface area contributed by atoms with Gasteiger partial charge >= 0.3 is 5.97 Å². The minimum Gasteiger partial charge on any atom is -0.468 e. The van der Waals surface area contributed by atoms with Crippen LogP contribution in [-0.2, 0) is 25.7 Å². The zero-order valence-electron chi connectivity index (χ0n) is 20.1. The Hall–Kier alpha value is -4.25. The fraction of sp³-hybridized carbons (Fsp3) is 0.320. The number of benzene rings is 2. The van der Waals surface area contributed by atoms with Gasteiger partial charge in [0.1, 0.15) is 12.4 Å². The Bertz CT molecular complexity index is 1240. The Morgan fingerprint density at radius 2 is 1.78 bits per heavy atom. The summed E-state index contributed by atoms with van der Waals surface area (Å²) in [5.74, 6) is -1.40. The second kappa shape index (κ2) is 12.5. The molecule has 0 aliphatic heterocycles. The highest BCUT2D eigenvalue weighted by atomic mass is 16.5. The number of methoxy groups -OCH3 is 1. The molecule has 0 saturated carbocycles. The number of imidazole rings is 1. The largest absolute Gasteiger partial charge is 0.468 e. The van der Waals surface area contributed by atoms with Crippen molar-refractivity contribution in [2.75, 3.05) is 13.7 Å². The molecule has 0 radical (unpaired) electrons. The van der Waals surface area contributed by atoms with Gasteiger partial charge in [0.2, 0.25) is 11.8 Å². The second-order valence-corrected chi connectivity index (χ2v) is 8.07. The Morgan fingerprint density at radius 1 is 1.06 bits per heavy atom. The van der Waals surface area contributed by atoms with E-state index in [1.165, 1.54) is 12.6 Å². The summed E-state index contributed by atoms with van der Waals surface area (Å²) in [6.07, 6.45) is 0.290. The summed E-state index contributed by atoms with van der Waals surface area (Å²) in [7, 11) is 1.24. The van der Waals surface area contributed by atoms with E-state index in [4.69, 9.17) is 10.2 Å². The number of nitrogens with zero attached hydrogens (tertiary/aromatic N) is 2. The number of carbonyl (C=O) groups is 4. The lowest BCUT2D eigenvalue weighted by Crippen LogP contribution is -2.31. The van der Waals surface area contributed by atoms with Gasteiger partial charge in [0.05, 0.1) is 24.2 Å². The van der Waals surface area contributed by atoms with Gasteiger partial charge in [0.15, 0.2) is 0 Å². The average Bonchev–Trinajstić information content (AvgIpc) is 3.26. The van der Waals surface area contributed by atoms with Gasteiger partial charge in [0.25, 0.3) is 5.91 Å². The highest BCUT2D eigenvalue weighted by Crippen LogP contribution is 2.25. The van der Waals surface area contributed by atoms with Crippen LogP contribution >= 0.6 is 0 Å². The van der Waals surface area contributed by atoms with Crippen LogP contribution in [0.15, 0.2) is 48.5 Å². The summed E-state index contributed by atoms with van der Waals surface area (Å²) in [5.41, 5.74) is 4.19. The van der Waals surface area contributed by atoms with Crippen LogP contribution in [0.2, 0.25) is 0 Å². The lowest BCUT2D eigenvalue weighted by atomic mass is 10.1. The number of hydrogen-bond acceptors (Lipinski definition) is 7. The first-order valence-electron chi connectivity index (χ1n) is 11.5. The van der Waals surface area contributed by atoms with Gasteiger partial charge in [-0.25, -0.2) is 10.5 Å². The third kappa shape index (κ3) is 6.66. The Labute approximate surface area is 207 Å². The summed E-state index contributed by atoms with van der Waals surface area (Å²) in [6, 6.07) is 14.4. The van der Waals surface area contributed by atoms with E-state index in [0.29, 0.717) is 29.9 Å². The standard InChI is InChI=1S/C25H29N5O6/c1-3-18(27-21(31)11-12-22(32)29-35)24-28-19-13-17(25(34)26-14-23(33)36-2)9-10-20(19)30(24)15-16-7-5-4-6-8-16/h4-10,13,18,35H,3,11-12,14-15H2,1-2H3,(H,26,34)(H,27,31)(H,29,32). The van der Waals surface area contributed by atoms with Crippen molar-refractivity contribution >= 4 is 34.7 Å². The number of ether oxygens (including phenoxy) is 1. The minimum absolute atomic E-state index is 0.0910. The summed E-state index contributed by atoms with van der Waals surface area (Å²) in [6.45, 7) is 2.14. The van der Waals surface area contributed by atoms with Gasteiger partial charge in [-0.3, -0.25) is 24.4 Å². The molecular formula is C25H29N5O6.